The van der Waals surface area contributed by atoms with Gasteiger partial charge in [0.1, 0.15) is 12.1 Å². The van der Waals surface area contributed by atoms with Crippen LogP contribution in [-0.4, -0.2) is 19.2 Å². The fraction of sp³-hybridized carbons (Fsp3) is 0.133. The van der Waals surface area contributed by atoms with Gasteiger partial charge >= 0.3 is 0 Å². The molecule has 4 aromatic heterocycles. The number of hydrogen-bond donors (Lipinski definition) is 0. The molecule has 96 valence electrons. The van der Waals surface area contributed by atoms with Crippen LogP contribution in [0.25, 0.3) is 27.9 Å². The molecule has 5 nitrogen and oxygen atoms in total. The first kappa shape index (κ1) is 10.1. The van der Waals surface area contributed by atoms with E-state index in [1.54, 1.807) is 0 Å². The van der Waals surface area contributed by atoms with Gasteiger partial charge in [0.15, 0.2) is 5.52 Å². The third-order valence-corrected chi connectivity index (χ3v) is 4.15. The Morgan fingerprint density at radius 1 is 1.15 bits per heavy atom. The zero-order valence-electron chi connectivity index (χ0n) is 11.0. The summed E-state index contributed by atoms with van der Waals surface area (Å²) in [5, 5.41) is 4.38. The molecule has 5 heterocycles. The van der Waals surface area contributed by atoms with E-state index in [1.165, 1.54) is 22.4 Å². The Kier molecular flexibility index (Phi) is 1.65. The van der Waals surface area contributed by atoms with Crippen molar-refractivity contribution in [2.75, 3.05) is 0 Å². The van der Waals surface area contributed by atoms with E-state index >= 15 is 0 Å². The normalized spacial score (nSPS) is 13.1. The molecule has 0 saturated carbocycles. The summed E-state index contributed by atoms with van der Waals surface area (Å²) in [6.45, 7) is 0.833. The fourth-order valence-electron chi connectivity index (χ4n) is 3.33. The van der Waals surface area contributed by atoms with Crippen LogP contribution in [0.5, 0.6) is 0 Å². The lowest BCUT2D eigenvalue weighted by Crippen LogP contribution is -2.29. The van der Waals surface area contributed by atoms with E-state index in [0.29, 0.717) is 0 Å². The first-order valence-electron chi connectivity index (χ1n) is 6.63. The molecule has 0 unspecified atom stereocenters. The van der Waals surface area contributed by atoms with E-state index in [9.17, 15) is 0 Å². The van der Waals surface area contributed by atoms with Crippen LogP contribution in [-0.2, 0) is 13.6 Å². The highest BCUT2D eigenvalue weighted by atomic mass is 15.3. The molecule has 0 bridgehead atoms. The molecule has 0 aliphatic carbocycles. The summed E-state index contributed by atoms with van der Waals surface area (Å²) in [5.41, 5.74) is 5.94. The average molecular weight is 262 g/mol. The van der Waals surface area contributed by atoms with Gasteiger partial charge in [-0.1, -0.05) is 0 Å². The zero-order chi connectivity index (χ0) is 13.3. The number of nitrogens with zero attached hydrogens (tertiary/aromatic N) is 5. The van der Waals surface area contributed by atoms with Crippen molar-refractivity contribution in [1.82, 2.24) is 19.2 Å². The van der Waals surface area contributed by atoms with Crippen LogP contribution in [0.1, 0.15) is 5.69 Å². The monoisotopic (exact) mass is 262 g/mol. The third kappa shape index (κ3) is 1.02. The fourth-order valence-corrected chi connectivity index (χ4v) is 3.33. The highest BCUT2D eigenvalue weighted by molar-refractivity contribution is 5.91. The number of hydrogen-bond acceptors (Lipinski definition) is 2. The maximum absolute atomic E-state index is 4.49. The number of fused-ring (bicyclic) bond motifs is 7. The van der Waals surface area contributed by atoms with Gasteiger partial charge in [0.2, 0.25) is 5.52 Å². The van der Waals surface area contributed by atoms with Gasteiger partial charge in [-0.2, -0.15) is 5.10 Å². The number of aryl methyl sites for hydroxylation is 1. The minimum atomic E-state index is 0.833. The molecule has 0 fully saturated rings. The topological polar surface area (TPSA) is 39.0 Å². The zero-order valence-corrected chi connectivity index (χ0v) is 11.0. The Balaban J connectivity index is 1.98. The second kappa shape index (κ2) is 3.25. The predicted molar refractivity (Wildman–Crippen MR) is 74.2 cm³/mol. The first-order valence-corrected chi connectivity index (χ1v) is 6.63. The summed E-state index contributed by atoms with van der Waals surface area (Å²) in [4.78, 5) is 4.49. The minimum Gasteiger partial charge on any atom is -0.256 e. The van der Waals surface area contributed by atoms with Crippen molar-refractivity contribution in [3.8, 4) is 11.4 Å². The quantitative estimate of drug-likeness (QED) is 0.397. The van der Waals surface area contributed by atoms with Gasteiger partial charge in [-0.3, -0.25) is 4.98 Å². The summed E-state index contributed by atoms with van der Waals surface area (Å²) in [5.74, 6) is 1.23. The highest BCUT2D eigenvalue weighted by Crippen LogP contribution is 2.33. The van der Waals surface area contributed by atoms with Crippen molar-refractivity contribution in [3.63, 3.8) is 0 Å². The molecule has 5 rings (SSSR count). The molecule has 0 radical (unpaired) electrons. The smallest absolute Gasteiger partial charge is 0.256 e. The van der Waals surface area contributed by atoms with Crippen LogP contribution in [0.15, 0.2) is 42.9 Å². The molecule has 0 N–H and O–H groups in total. The van der Waals surface area contributed by atoms with Gasteiger partial charge in [0.05, 0.1) is 24.5 Å². The van der Waals surface area contributed by atoms with Crippen molar-refractivity contribution in [2.24, 2.45) is 7.05 Å². The Morgan fingerprint density at radius 3 is 3.00 bits per heavy atom. The van der Waals surface area contributed by atoms with Crippen LogP contribution in [0.3, 0.4) is 0 Å². The summed E-state index contributed by atoms with van der Waals surface area (Å²) < 4.78 is 6.51. The molecule has 0 saturated heterocycles. The Morgan fingerprint density at radius 2 is 2.05 bits per heavy atom. The van der Waals surface area contributed by atoms with E-state index in [4.69, 9.17) is 0 Å². The second-order valence-electron chi connectivity index (χ2n) is 5.18. The van der Waals surface area contributed by atoms with Crippen LogP contribution in [0.4, 0.5) is 0 Å². The van der Waals surface area contributed by atoms with Crippen LogP contribution >= 0.6 is 0 Å². The molecule has 0 aromatic carbocycles. The summed E-state index contributed by atoms with van der Waals surface area (Å²) in [6, 6.07) is 8.23. The van der Waals surface area contributed by atoms with Gasteiger partial charge in [0, 0.05) is 12.4 Å². The van der Waals surface area contributed by atoms with Gasteiger partial charge in [-0.05, 0) is 24.3 Å². The van der Waals surface area contributed by atoms with Crippen molar-refractivity contribution < 1.29 is 4.57 Å². The lowest BCUT2D eigenvalue weighted by Gasteiger charge is -1.95. The van der Waals surface area contributed by atoms with Gasteiger partial charge in [-0.15, -0.1) is 0 Å². The number of imidazole rings is 1. The van der Waals surface area contributed by atoms with Gasteiger partial charge < -0.3 is 0 Å². The highest BCUT2D eigenvalue weighted by Gasteiger charge is 2.34. The van der Waals surface area contributed by atoms with Crippen LogP contribution in [0.2, 0.25) is 0 Å². The van der Waals surface area contributed by atoms with Crippen molar-refractivity contribution in [2.45, 2.75) is 6.54 Å². The van der Waals surface area contributed by atoms with Crippen molar-refractivity contribution in [1.29, 1.82) is 0 Å². The van der Waals surface area contributed by atoms with Gasteiger partial charge in [-0.25, -0.2) is 13.6 Å². The maximum Gasteiger partial charge on any atom is 0.292 e. The van der Waals surface area contributed by atoms with Gasteiger partial charge in [0.25, 0.3) is 5.82 Å². The molecule has 1 aliphatic heterocycles. The molecule has 0 atom stereocenters. The van der Waals surface area contributed by atoms with Crippen LogP contribution < -0.4 is 4.57 Å². The van der Waals surface area contributed by atoms with Crippen molar-refractivity contribution >= 4 is 16.6 Å². The second-order valence-corrected chi connectivity index (χ2v) is 5.18. The van der Waals surface area contributed by atoms with E-state index in [2.05, 4.69) is 44.6 Å². The van der Waals surface area contributed by atoms with E-state index < -0.39 is 0 Å². The molecular weight excluding hydrogens is 250 g/mol. The molecule has 0 spiro atoms. The van der Waals surface area contributed by atoms with Crippen LogP contribution in [0, 0.1) is 0 Å². The summed E-state index contributed by atoms with van der Waals surface area (Å²) >= 11 is 0. The number of aromatic nitrogens is 5. The maximum atomic E-state index is 4.49. The average Bonchev–Trinajstić information content (AvgIpc) is 3.10. The molecule has 0 amide bonds. The SMILES string of the molecule is C[n+]1c2n(c3cn4ncccc4c31)Cc1ncccc1-2. The predicted octanol–water partition coefficient (Wildman–Crippen LogP) is 1.54. The molecule has 5 heteroatoms. The summed E-state index contributed by atoms with van der Waals surface area (Å²) in [7, 11) is 2.11. The first-order chi connectivity index (χ1) is 9.84. The minimum absolute atomic E-state index is 0.833. The lowest BCUT2D eigenvalue weighted by molar-refractivity contribution is -0.633. The summed E-state index contributed by atoms with van der Waals surface area (Å²) in [6.07, 6.45) is 5.77. The van der Waals surface area contributed by atoms with Crippen molar-refractivity contribution in [3.05, 3.63) is 48.5 Å². The molecule has 20 heavy (non-hydrogen) atoms. The standard InChI is InChI=1S/C15H12N5/c1-18-14-12-5-3-7-17-20(12)9-13(14)19-8-11-10(15(18)19)4-2-6-16-11/h2-7,9H,8H2,1H3/q+1. The molecule has 4 aromatic rings. The Labute approximate surface area is 114 Å². The molecular formula is C15H12N5+. The van der Waals surface area contributed by atoms with E-state index in [-0.39, 0.29) is 0 Å². The Hall–Kier alpha value is -2.69. The number of rotatable bonds is 0. The third-order valence-electron chi connectivity index (χ3n) is 4.15. The molecule has 1 aliphatic rings. The Bertz CT molecular complexity index is 992. The van der Waals surface area contributed by atoms with E-state index in [1.807, 2.05) is 29.0 Å². The largest absolute Gasteiger partial charge is 0.292 e. The van der Waals surface area contributed by atoms with E-state index in [0.717, 1.165) is 17.8 Å². The lowest BCUT2D eigenvalue weighted by atomic mass is 10.2. The number of pyridine rings is 1.